The smallest absolute Gasteiger partial charge is 0.410 e. The number of amides is 1. The lowest BCUT2D eigenvalue weighted by Crippen LogP contribution is -2.49. The Morgan fingerprint density at radius 2 is 1.94 bits per heavy atom. The summed E-state index contributed by atoms with van der Waals surface area (Å²) in [6, 6.07) is 1.41. The van der Waals surface area contributed by atoms with Gasteiger partial charge in [-0.2, -0.15) is 5.10 Å². The number of nitrogens with zero attached hydrogens (tertiary/aromatic N) is 3. The molecule has 31 heavy (non-hydrogen) atoms. The molecule has 2 aromatic rings. The van der Waals surface area contributed by atoms with E-state index in [-0.39, 0.29) is 40.2 Å². The number of rotatable bonds is 3. The van der Waals surface area contributed by atoms with E-state index in [1.807, 2.05) is 20.8 Å². The van der Waals surface area contributed by atoms with Crippen molar-refractivity contribution in [2.75, 3.05) is 6.54 Å². The van der Waals surface area contributed by atoms with Crippen LogP contribution < -0.4 is 5.56 Å². The molecule has 0 radical (unpaired) electrons. The number of aromatic amines is 1. The van der Waals surface area contributed by atoms with Crippen molar-refractivity contribution >= 4 is 17.7 Å². The Balaban J connectivity index is 1.95. The van der Waals surface area contributed by atoms with E-state index >= 15 is 0 Å². The number of H-pyrrole nitrogens is 1. The summed E-state index contributed by atoms with van der Waals surface area (Å²) in [5.74, 6) is -1.19. The minimum atomic E-state index is -1.15. The quantitative estimate of drug-likeness (QED) is 0.765. The van der Waals surface area contributed by atoms with E-state index in [1.54, 1.807) is 4.90 Å². The molecule has 3 rings (SSSR count). The van der Waals surface area contributed by atoms with E-state index in [2.05, 4.69) is 30.9 Å². The third-order valence-electron chi connectivity index (χ3n) is 5.37. The number of fused-ring (bicyclic) bond motifs is 1. The fourth-order valence-corrected chi connectivity index (χ4v) is 4.24. The second kappa shape index (κ2) is 8.01. The number of carbonyl (C=O) groups excluding carboxylic acids is 1. The molecule has 9 nitrogen and oxygen atoms in total. The van der Waals surface area contributed by atoms with Crippen molar-refractivity contribution in [1.82, 2.24) is 19.5 Å². The Labute approximate surface area is 181 Å². The molecule has 2 aromatic heterocycles. The summed E-state index contributed by atoms with van der Waals surface area (Å²) in [5, 5.41) is 13.6. The fourth-order valence-electron chi connectivity index (χ4n) is 4.24. The topological polar surface area (TPSA) is 117 Å². The van der Waals surface area contributed by atoms with Crippen molar-refractivity contribution in [2.24, 2.45) is 5.41 Å². The van der Waals surface area contributed by atoms with Gasteiger partial charge in [-0.15, -0.1) is 0 Å². The van der Waals surface area contributed by atoms with Crippen LogP contribution in [0.3, 0.4) is 0 Å². The molecule has 0 aliphatic carbocycles. The van der Waals surface area contributed by atoms with Crippen LogP contribution in [-0.4, -0.2) is 54.9 Å². The zero-order valence-electron chi connectivity index (χ0n) is 19.1. The Kier molecular flexibility index (Phi) is 5.90. The molecule has 170 valence electrons. The molecule has 2 unspecified atom stereocenters. The lowest BCUT2D eigenvalue weighted by Gasteiger charge is -2.42. The van der Waals surface area contributed by atoms with Crippen LogP contribution in [0.25, 0.3) is 5.65 Å². The highest BCUT2D eigenvalue weighted by Crippen LogP contribution is 2.37. The highest BCUT2D eigenvalue weighted by Gasteiger charge is 2.37. The molecular formula is C22H32N4O5. The first-order valence-electron chi connectivity index (χ1n) is 10.6. The number of aromatic carboxylic acids is 1. The molecule has 1 fully saturated rings. The summed E-state index contributed by atoms with van der Waals surface area (Å²) in [7, 11) is 0. The molecule has 0 spiro atoms. The van der Waals surface area contributed by atoms with Gasteiger partial charge in [-0.25, -0.2) is 14.1 Å². The Hall–Kier alpha value is -2.84. The van der Waals surface area contributed by atoms with Gasteiger partial charge in [-0.1, -0.05) is 20.8 Å². The van der Waals surface area contributed by atoms with Gasteiger partial charge in [0.25, 0.3) is 5.56 Å². The van der Waals surface area contributed by atoms with Gasteiger partial charge in [-0.05, 0) is 45.4 Å². The van der Waals surface area contributed by atoms with Crippen LogP contribution in [-0.2, 0) is 4.74 Å². The summed E-state index contributed by atoms with van der Waals surface area (Å²) in [6.07, 6.45) is 2.95. The number of hydrogen-bond acceptors (Lipinski definition) is 5. The fraction of sp³-hybridized carbons (Fsp3) is 0.636. The Morgan fingerprint density at radius 3 is 2.52 bits per heavy atom. The number of carbonyl (C=O) groups is 2. The molecule has 0 saturated carbocycles. The average molecular weight is 433 g/mol. The molecule has 0 aromatic carbocycles. The van der Waals surface area contributed by atoms with Gasteiger partial charge < -0.3 is 19.7 Å². The molecule has 1 aliphatic heterocycles. The normalized spacial score (nSPS) is 20.1. The number of likely N-dealkylation sites (tertiary alicyclic amines) is 1. The van der Waals surface area contributed by atoms with E-state index in [0.717, 1.165) is 6.42 Å². The first kappa shape index (κ1) is 22.8. The maximum atomic E-state index is 12.9. The average Bonchev–Trinajstić information content (AvgIpc) is 3.01. The standard InChI is InChI=1S/C22H32N4O5/c1-21(2,3)11-14-9-13(7-8-25(14)20(30)31-22(4,5)6)16-10-17(27)24-18-15(19(28)29)12-23-26(16)18/h10,12-14H,7-9,11H2,1-6H3,(H,24,27)(H,28,29). The lowest BCUT2D eigenvalue weighted by molar-refractivity contribution is 0.00257. The molecule has 1 aliphatic rings. The predicted molar refractivity (Wildman–Crippen MR) is 116 cm³/mol. The third kappa shape index (κ3) is 5.26. The summed E-state index contributed by atoms with van der Waals surface area (Å²) >= 11 is 0. The van der Waals surface area contributed by atoms with Gasteiger partial charge >= 0.3 is 12.1 Å². The molecule has 3 heterocycles. The number of piperidine rings is 1. The zero-order chi connectivity index (χ0) is 23.1. The summed E-state index contributed by atoms with van der Waals surface area (Å²) in [4.78, 5) is 41.0. The molecule has 1 amide bonds. The van der Waals surface area contributed by atoms with Crippen LogP contribution in [0, 0.1) is 5.41 Å². The molecule has 2 atom stereocenters. The summed E-state index contributed by atoms with van der Waals surface area (Å²) in [6.45, 7) is 12.4. The third-order valence-corrected chi connectivity index (χ3v) is 5.37. The first-order valence-corrected chi connectivity index (χ1v) is 10.6. The van der Waals surface area contributed by atoms with E-state index < -0.39 is 11.6 Å². The van der Waals surface area contributed by atoms with Gasteiger partial charge in [0.2, 0.25) is 0 Å². The molecule has 9 heteroatoms. The maximum Gasteiger partial charge on any atom is 0.410 e. The number of carboxylic acid groups (broad SMARTS) is 1. The van der Waals surface area contributed by atoms with Crippen LogP contribution in [0.1, 0.15) is 82.8 Å². The van der Waals surface area contributed by atoms with Crippen molar-refractivity contribution in [3.63, 3.8) is 0 Å². The zero-order valence-corrected chi connectivity index (χ0v) is 19.1. The second-order valence-corrected chi connectivity index (χ2v) is 10.5. The Bertz CT molecular complexity index is 1040. The number of carboxylic acids is 1. The van der Waals surface area contributed by atoms with Crippen LogP contribution >= 0.6 is 0 Å². The van der Waals surface area contributed by atoms with Crippen molar-refractivity contribution in [3.8, 4) is 0 Å². The Morgan fingerprint density at radius 1 is 1.26 bits per heavy atom. The minimum absolute atomic E-state index is 0.0154. The summed E-state index contributed by atoms with van der Waals surface area (Å²) in [5.41, 5.74) is -0.172. The lowest BCUT2D eigenvalue weighted by atomic mass is 9.80. The van der Waals surface area contributed by atoms with Gasteiger partial charge in [0.05, 0.1) is 11.9 Å². The second-order valence-electron chi connectivity index (χ2n) is 10.5. The van der Waals surface area contributed by atoms with Crippen molar-refractivity contribution in [2.45, 2.75) is 78.4 Å². The maximum absolute atomic E-state index is 12.9. The van der Waals surface area contributed by atoms with Gasteiger partial charge in [-0.3, -0.25) is 4.79 Å². The number of nitrogens with one attached hydrogen (secondary N) is 1. The van der Waals surface area contributed by atoms with Gasteiger partial charge in [0.1, 0.15) is 11.2 Å². The van der Waals surface area contributed by atoms with Gasteiger partial charge in [0.15, 0.2) is 5.65 Å². The van der Waals surface area contributed by atoms with Crippen molar-refractivity contribution < 1.29 is 19.4 Å². The van der Waals surface area contributed by atoms with Crippen LogP contribution in [0.2, 0.25) is 0 Å². The van der Waals surface area contributed by atoms with Gasteiger partial charge in [0, 0.05) is 24.6 Å². The van der Waals surface area contributed by atoms with Crippen molar-refractivity contribution in [1.29, 1.82) is 0 Å². The number of hydrogen-bond donors (Lipinski definition) is 2. The monoisotopic (exact) mass is 432 g/mol. The highest BCUT2D eigenvalue weighted by atomic mass is 16.6. The first-order chi connectivity index (χ1) is 14.2. The van der Waals surface area contributed by atoms with E-state index in [0.29, 0.717) is 25.1 Å². The van der Waals surface area contributed by atoms with Crippen LogP contribution in [0.15, 0.2) is 17.1 Å². The molecular weight excluding hydrogens is 400 g/mol. The predicted octanol–water partition coefficient (Wildman–Crippen LogP) is 3.64. The SMILES string of the molecule is CC(C)(C)CC1CC(c2cc(=O)[nH]c3c(C(=O)O)cnn23)CCN1C(=O)OC(C)(C)C. The van der Waals surface area contributed by atoms with Crippen LogP contribution in [0.5, 0.6) is 0 Å². The number of aromatic nitrogens is 3. The van der Waals surface area contributed by atoms with E-state index in [4.69, 9.17) is 4.74 Å². The highest BCUT2D eigenvalue weighted by molar-refractivity contribution is 5.94. The van der Waals surface area contributed by atoms with Crippen molar-refractivity contribution in [3.05, 3.63) is 33.9 Å². The van der Waals surface area contributed by atoms with Crippen LogP contribution in [0.4, 0.5) is 4.79 Å². The molecule has 1 saturated heterocycles. The number of ether oxygens (including phenoxy) is 1. The van der Waals surface area contributed by atoms with E-state index in [1.165, 1.54) is 16.8 Å². The van der Waals surface area contributed by atoms with E-state index in [9.17, 15) is 19.5 Å². The minimum Gasteiger partial charge on any atom is -0.477 e. The summed E-state index contributed by atoms with van der Waals surface area (Å²) < 4.78 is 7.14. The molecule has 2 N–H and O–H groups in total. The largest absolute Gasteiger partial charge is 0.477 e. The molecule has 0 bridgehead atoms.